The fourth-order valence-corrected chi connectivity index (χ4v) is 2.98. The Morgan fingerprint density at radius 1 is 1.03 bits per heavy atom. The Labute approximate surface area is 169 Å². The fourth-order valence-electron chi connectivity index (χ4n) is 2.98. The van der Waals surface area contributed by atoms with E-state index in [0.717, 1.165) is 29.0 Å². The van der Waals surface area contributed by atoms with E-state index in [0.29, 0.717) is 25.2 Å². The number of rotatable bonds is 9. The average Bonchev–Trinajstić information content (AvgIpc) is 2.75. The zero-order valence-corrected chi connectivity index (χ0v) is 16.3. The van der Waals surface area contributed by atoms with Gasteiger partial charge in [0.05, 0.1) is 7.11 Å². The van der Waals surface area contributed by atoms with Crippen molar-refractivity contribution in [1.29, 1.82) is 0 Å². The highest BCUT2D eigenvalue weighted by molar-refractivity contribution is 5.93. The third-order valence-electron chi connectivity index (χ3n) is 4.52. The normalized spacial score (nSPS) is 10.4. The second-order valence-electron chi connectivity index (χ2n) is 6.55. The molecule has 150 valence electrons. The number of pyridine rings is 1. The van der Waals surface area contributed by atoms with Crippen LogP contribution < -0.4 is 15.4 Å². The van der Waals surface area contributed by atoms with E-state index in [9.17, 15) is 9.18 Å². The number of carbonyl (C=O) groups is 1. The van der Waals surface area contributed by atoms with Gasteiger partial charge in [-0.25, -0.2) is 4.39 Å². The van der Waals surface area contributed by atoms with E-state index in [1.807, 2.05) is 30.3 Å². The number of methoxy groups -OCH3 is 1. The summed E-state index contributed by atoms with van der Waals surface area (Å²) in [5.74, 6) is 0.364. The molecule has 6 heteroatoms. The Balaban J connectivity index is 1.49. The summed E-state index contributed by atoms with van der Waals surface area (Å²) < 4.78 is 18.3. The lowest BCUT2D eigenvalue weighted by Crippen LogP contribution is -2.26. The largest absolute Gasteiger partial charge is 0.496 e. The minimum atomic E-state index is -0.267. The molecule has 3 rings (SSSR count). The number of anilines is 1. The van der Waals surface area contributed by atoms with Gasteiger partial charge in [0, 0.05) is 25.0 Å². The van der Waals surface area contributed by atoms with Crippen LogP contribution in [0, 0.1) is 5.82 Å². The van der Waals surface area contributed by atoms with Gasteiger partial charge in [0.15, 0.2) is 0 Å². The Morgan fingerprint density at radius 3 is 2.62 bits per heavy atom. The van der Waals surface area contributed by atoms with Crippen LogP contribution in [0.2, 0.25) is 0 Å². The van der Waals surface area contributed by atoms with Gasteiger partial charge in [-0.15, -0.1) is 0 Å². The maximum absolute atomic E-state index is 12.9. The van der Waals surface area contributed by atoms with Gasteiger partial charge < -0.3 is 15.4 Å². The quantitative estimate of drug-likeness (QED) is 0.580. The number of nitrogens with zero attached hydrogens (tertiary/aromatic N) is 1. The second-order valence-corrected chi connectivity index (χ2v) is 6.55. The maximum Gasteiger partial charge on any atom is 0.269 e. The molecule has 1 heterocycles. The van der Waals surface area contributed by atoms with Crippen LogP contribution in [0.4, 0.5) is 10.1 Å². The van der Waals surface area contributed by atoms with Gasteiger partial charge >= 0.3 is 0 Å². The highest BCUT2D eigenvalue weighted by Gasteiger charge is 2.08. The van der Waals surface area contributed by atoms with E-state index < -0.39 is 0 Å². The Morgan fingerprint density at radius 2 is 1.83 bits per heavy atom. The molecule has 0 saturated heterocycles. The zero-order chi connectivity index (χ0) is 20.5. The number of halogens is 1. The molecule has 0 spiro atoms. The average molecular weight is 393 g/mol. The monoisotopic (exact) mass is 393 g/mol. The van der Waals surface area contributed by atoms with Gasteiger partial charge in [-0.3, -0.25) is 9.78 Å². The molecule has 3 aromatic rings. The van der Waals surface area contributed by atoms with E-state index in [1.54, 1.807) is 31.5 Å². The van der Waals surface area contributed by atoms with Crippen molar-refractivity contribution in [2.75, 3.05) is 25.5 Å². The van der Waals surface area contributed by atoms with Crippen molar-refractivity contribution in [1.82, 2.24) is 10.3 Å². The summed E-state index contributed by atoms with van der Waals surface area (Å²) in [5, 5.41) is 6.16. The van der Waals surface area contributed by atoms with Crippen LogP contribution in [0.5, 0.6) is 5.75 Å². The first-order valence-electron chi connectivity index (χ1n) is 9.50. The first kappa shape index (κ1) is 20.3. The first-order chi connectivity index (χ1) is 14.2. The van der Waals surface area contributed by atoms with Crippen molar-refractivity contribution in [3.8, 4) is 5.75 Å². The maximum atomic E-state index is 12.9. The van der Waals surface area contributed by atoms with Crippen LogP contribution in [0.15, 0.2) is 66.9 Å². The van der Waals surface area contributed by atoms with Crippen molar-refractivity contribution < 1.29 is 13.9 Å². The van der Waals surface area contributed by atoms with Gasteiger partial charge in [0.2, 0.25) is 0 Å². The molecule has 0 aliphatic rings. The summed E-state index contributed by atoms with van der Waals surface area (Å²) in [5.41, 5.74) is 3.27. The number of amides is 1. The molecular weight excluding hydrogens is 369 g/mol. The summed E-state index contributed by atoms with van der Waals surface area (Å²) in [7, 11) is 1.66. The number of carbonyl (C=O) groups excluding carboxylic acids is 1. The summed E-state index contributed by atoms with van der Waals surface area (Å²) in [6.45, 7) is 1.16. The number of benzene rings is 2. The molecule has 0 aliphatic heterocycles. The lowest BCUT2D eigenvalue weighted by molar-refractivity contribution is 0.0949. The Bertz CT molecular complexity index is 945. The van der Waals surface area contributed by atoms with Crippen molar-refractivity contribution >= 4 is 11.6 Å². The SMILES string of the molecule is COc1ccccc1CCNc1ccnc(C(=O)NCCc2ccc(F)cc2)c1. The molecule has 0 fully saturated rings. The predicted octanol–water partition coefficient (Wildman–Crippen LogP) is 3.86. The van der Waals surface area contributed by atoms with Crippen LogP contribution in [-0.2, 0) is 12.8 Å². The van der Waals surface area contributed by atoms with E-state index in [4.69, 9.17) is 4.74 Å². The van der Waals surface area contributed by atoms with E-state index in [-0.39, 0.29) is 11.7 Å². The van der Waals surface area contributed by atoms with Crippen molar-refractivity contribution in [3.05, 3.63) is 89.5 Å². The second kappa shape index (κ2) is 10.2. The number of aromatic nitrogens is 1. The standard InChI is InChI=1S/C23H24FN3O2/c1-29-22-5-3-2-4-18(22)11-14-25-20-12-15-26-21(16-20)23(28)27-13-10-17-6-8-19(24)9-7-17/h2-9,12,15-16H,10-11,13-14H2,1H3,(H,25,26)(H,27,28). The molecule has 0 atom stereocenters. The van der Waals surface area contributed by atoms with Crippen LogP contribution in [0.25, 0.3) is 0 Å². The van der Waals surface area contributed by atoms with E-state index >= 15 is 0 Å². The number of nitrogens with one attached hydrogen (secondary N) is 2. The number of hydrogen-bond donors (Lipinski definition) is 2. The van der Waals surface area contributed by atoms with E-state index in [2.05, 4.69) is 15.6 Å². The molecule has 5 nitrogen and oxygen atoms in total. The highest BCUT2D eigenvalue weighted by Crippen LogP contribution is 2.18. The zero-order valence-electron chi connectivity index (χ0n) is 16.3. The molecule has 0 bridgehead atoms. The first-order valence-corrected chi connectivity index (χ1v) is 9.50. The molecular formula is C23H24FN3O2. The third kappa shape index (κ3) is 6.04. The van der Waals surface area contributed by atoms with Crippen LogP contribution in [0.3, 0.4) is 0 Å². The number of ether oxygens (including phenoxy) is 1. The van der Waals surface area contributed by atoms with Gasteiger partial charge in [-0.2, -0.15) is 0 Å². The Hall–Kier alpha value is -3.41. The minimum Gasteiger partial charge on any atom is -0.496 e. The number of hydrogen-bond acceptors (Lipinski definition) is 4. The molecule has 0 radical (unpaired) electrons. The van der Waals surface area contributed by atoms with Crippen molar-refractivity contribution in [2.24, 2.45) is 0 Å². The van der Waals surface area contributed by atoms with Gasteiger partial charge in [0.1, 0.15) is 17.3 Å². The van der Waals surface area contributed by atoms with Gasteiger partial charge in [-0.1, -0.05) is 30.3 Å². The lowest BCUT2D eigenvalue weighted by atomic mass is 10.1. The summed E-state index contributed by atoms with van der Waals surface area (Å²) in [6.07, 6.45) is 3.04. The molecule has 29 heavy (non-hydrogen) atoms. The van der Waals surface area contributed by atoms with Crippen molar-refractivity contribution in [2.45, 2.75) is 12.8 Å². The smallest absolute Gasteiger partial charge is 0.269 e. The summed E-state index contributed by atoms with van der Waals surface area (Å²) in [6, 6.07) is 17.7. The molecule has 1 amide bonds. The van der Waals surface area contributed by atoms with Crippen LogP contribution in [-0.4, -0.2) is 31.1 Å². The predicted molar refractivity (Wildman–Crippen MR) is 112 cm³/mol. The fraction of sp³-hybridized carbons (Fsp3) is 0.217. The molecule has 0 saturated carbocycles. The number of para-hydroxylation sites is 1. The van der Waals surface area contributed by atoms with Crippen LogP contribution in [0.1, 0.15) is 21.6 Å². The topological polar surface area (TPSA) is 63.2 Å². The van der Waals surface area contributed by atoms with Gasteiger partial charge in [0.25, 0.3) is 5.91 Å². The summed E-state index contributed by atoms with van der Waals surface area (Å²) in [4.78, 5) is 16.5. The lowest BCUT2D eigenvalue weighted by Gasteiger charge is -2.11. The summed E-state index contributed by atoms with van der Waals surface area (Å²) >= 11 is 0. The minimum absolute atomic E-state index is 0.236. The third-order valence-corrected chi connectivity index (χ3v) is 4.52. The van der Waals surface area contributed by atoms with Crippen molar-refractivity contribution in [3.63, 3.8) is 0 Å². The molecule has 2 N–H and O–H groups in total. The van der Waals surface area contributed by atoms with Crippen LogP contribution >= 0.6 is 0 Å². The molecule has 1 aromatic heterocycles. The highest BCUT2D eigenvalue weighted by atomic mass is 19.1. The molecule has 0 aliphatic carbocycles. The van der Waals surface area contributed by atoms with E-state index in [1.165, 1.54) is 12.1 Å². The Kier molecular flexibility index (Phi) is 7.16. The molecule has 2 aromatic carbocycles. The van der Waals surface area contributed by atoms with Gasteiger partial charge in [-0.05, 0) is 54.3 Å². The molecule has 0 unspecified atom stereocenters.